The average molecular weight is 455 g/mol. The van der Waals surface area contributed by atoms with E-state index in [9.17, 15) is 5.11 Å². The molecule has 0 aromatic heterocycles. The molecule has 0 fully saturated rings. The molecule has 0 spiro atoms. The van der Waals surface area contributed by atoms with E-state index < -0.39 is 0 Å². The van der Waals surface area contributed by atoms with Crippen LogP contribution in [0.3, 0.4) is 0 Å². The van der Waals surface area contributed by atoms with E-state index in [2.05, 4.69) is 6.92 Å². The zero-order valence-electron chi connectivity index (χ0n) is 19.5. The molecule has 0 aliphatic rings. The minimum atomic E-state index is -0.373. The van der Waals surface area contributed by atoms with Gasteiger partial charge in [-0.2, -0.15) is 0 Å². The summed E-state index contributed by atoms with van der Waals surface area (Å²) in [4.78, 5) is 0. The van der Waals surface area contributed by atoms with E-state index in [0.717, 1.165) is 12.8 Å². The second-order valence-electron chi connectivity index (χ2n) is 6.98. The van der Waals surface area contributed by atoms with E-state index in [1.54, 1.807) is 0 Å². The smallest absolute Gasteiger partial charge is 0.0773 e. The zero-order valence-corrected chi connectivity index (χ0v) is 19.5. The van der Waals surface area contributed by atoms with Crippen LogP contribution >= 0.6 is 0 Å². The van der Waals surface area contributed by atoms with Crippen LogP contribution in [0.4, 0.5) is 0 Å². The third kappa shape index (κ3) is 27.6. The normalized spacial score (nSPS) is 12.5. The van der Waals surface area contributed by atoms with Gasteiger partial charge in [0.05, 0.1) is 105 Å². The van der Waals surface area contributed by atoms with Crippen molar-refractivity contribution in [3.8, 4) is 0 Å². The van der Waals surface area contributed by atoms with E-state index in [1.165, 1.54) is 19.3 Å². The molecule has 0 aliphatic heterocycles. The largest absolute Gasteiger partial charge is 0.394 e. The van der Waals surface area contributed by atoms with Gasteiger partial charge in [0.1, 0.15) is 0 Å². The van der Waals surface area contributed by atoms with Crippen LogP contribution in [0.5, 0.6) is 0 Å². The van der Waals surface area contributed by atoms with Crippen LogP contribution < -0.4 is 0 Å². The third-order valence-electron chi connectivity index (χ3n) is 4.17. The van der Waals surface area contributed by atoms with Gasteiger partial charge < -0.3 is 43.4 Å². The lowest BCUT2D eigenvalue weighted by Gasteiger charge is -2.11. The van der Waals surface area contributed by atoms with Crippen LogP contribution in [0.1, 0.15) is 39.0 Å². The van der Waals surface area contributed by atoms with E-state index in [0.29, 0.717) is 92.5 Å². The van der Waals surface area contributed by atoms with Crippen LogP contribution in [-0.2, 0) is 33.2 Å². The molecule has 188 valence electrons. The first-order valence-corrected chi connectivity index (χ1v) is 11.6. The predicted octanol–water partition coefficient (Wildman–Crippen LogP) is 1.43. The summed E-state index contributed by atoms with van der Waals surface area (Å²) in [6, 6.07) is 0. The highest BCUT2D eigenvalue weighted by atomic mass is 16.6. The Bertz CT molecular complexity index is 321. The van der Waals surface area contributed by atoms with Crippen molar-refractivity contribution in [2.45, 2.75) is 45.1 Å². The molecule has 0 aromatic rings. The minimum absolute atomic E-state index is 0.0310. The molecule has 0 aliphatic carbocycles. The molecule has 31 heavy (non-hydrogen) atoms. The molecule has 9 nitrogen and oxygen atoms in total. The zero-order chi connectivity index (χ0) is 22.7. The maximum absolute atomic E-state index is 9.79. The molecule has 9 heteroatoms. The highest BCUT2D eigenvalue weighted by Crippen LogP contribution is 2.05. The van der Waals surface area contributed by atoms with E-state index >= 15 is 0 Å². The molecule has 0 saturated carbocycles. The third-order valence-corrected chi connectivity index (χ3v) is 4.17. The van der Waals surface area contributed by atoms with E-state index in [4.69, 9.17) is 38.3 Å². The first-order chi connectivity index (χ1) is 15.3. The fourth-order valence-electron chi connectivity index (χ4n) is 2.49. The van der Waals surface area contributed by atoms with Gasteiger partial charge in [-0.25, -0.2) is 0 Å². The summed E-state index contributed by atoms with van der Waals surface area (Å²) >= 11 is 0. The van der Waals surface area contributed by atoms with Gasteiger partial charge in [-0.15, -0.1) is 0 Å². The topological polar surface area (TPSA) is 105 Å². The monoisotopic (exact) mass is 454 g/mol. The summed E-state index contributed by atoms with van der Waals surface area (Å²) in [6.07, 6.45) is 5.10. The predicted molar refractivity (Wildman–Crippen MR) is 118 cm³/mol. The van der Waals surface area contributed by atoms with Gasteiger partial charge in [-0.05, 0) is 6.42 Å². The number of hydrogen-bond donors (Lipinski definition) is 2. The first kappa shape index (κ1) is 30.6. The van der Waals surface area contributed by atoms with Gasteiger partial charge in [0, 0.05) is 0 Å². The fraction of sp³-hybridized carbons (Fsp3) is 1.00. The highest BCUT2D eigenvalue weighted by molar-refractivity contribution is 4.54. The van der Waals surface area contributed by atoms with E-state index in [-0.39, 0.29) is 12.7 Å². The van der Waals surface area contributed by atoms with Crippen LogP contribution in [0.25, 0.3) is 0 Å². The minimum Gasteiger partial charge on any atom is -0.394 e. The van der Waals surface area contributed by atoms with Crippen molar-refractivity contribution >= 4 is 0 Å². The van der Waals surface area contributed by atoms with Gasteiger partial charge >= 0.3 is 0 Å². The number of aliphatic hydroxyl groups excluding tert-OH is 2. The molecule has 0 bridgehead atoms. The lowest BCUT2D eigenvalue weighted by molar-refractivity contribution is -0.0266. The second kappa shape index (κ2) is 27.7. The maximum atomic E-state index is 9.79. The van der Waals surface area contributed by atoms with Gasteiger partial charge in [-0.1, -0.05) is 32.6 Å². The SMILES string of the molecule is CCCCCCC(O)COCCOCCOCCOCCOCCOCCOCCO. The van der Waals surface area contributed by atoms with Crippen LogP contribution in [0, 0.1) is 0 Å². The molecule has 0 aromatic carbocycles. The molecule has 0 heterocycles. The van der Waals surface area contributed by atoms with Gasteiger partial charge in [-0.3, -0.25) is 0 Å². The molecule has 1 unspecified atom stereocenters. The summed E-state index contributed by atoms with van der Waals surface area (Å²) in [7, 11) is 0. The van der Waals surface area contributed by atoms with Crippen LogP contribution in [0.2, 0.25) is 0 Å². The highest BCUT2D eigenvalue weighted by Gasteiger charge is 2.03. The van der Waals surface area contributed by atoms with Gasteiger partial charge in [0.25, 0.3) is 0 Å². The summed E-state index contributed by atoms with van der Waals surface area (Å²) in [5.74, 6) is 0. The van der Waals surface area contributed by atoms with Crippen LogP contribution in [-0.4, -0.2) is 115 Å². The molecular formula is C22H46O9. The average Bonchev–Trinajstić information content (AvgIpc) is 2.77. The lowest BCUT2D eigenvalue weighted by Crippen LogP contribution is -2.18. The Balaban J connectivity index is 3.06. The Morgan fingerprint density at radius 3 is 1.29 bits per heavy atom. The molecule has 0 amide bonds. The standard InChI is InChI=1S/C22H46O9/c1-2-3-4-5-6-22(24)21-31-20-19-30-18-17-29-16-15-28-14-13-27-12-11-26-10-9-25-8-7-23/h22-24H,2-21H2,1H3. The summed E-state index contributed by atoms with van der Waals surface area (Å²) < 4.78 is 37.4. The molecule has 0 rings (SSSR count). The number of unbranched alkanes of at least 4 members (excludes halogenated alkanes) is 3. The molecule has 2 N–H and O–H groups in total. The Labute approximate surface area is 188 Å². The number of hydrogen-bond acceptors (Lipinski definition) is 9. The van der Waals surface area contributed by atoms with E-state index in [1.807, 2.05) is 0 Å². The molecule has 0 radical (unpaired) electrons. The van der Waals surface area contributed by atoms with Crippen molar-refractivity contribution in [1.29, 1.82) is 0 Å². The summed E-state index contributed by atoms with van der Waals surface area (Å²) in [5, 5.41) is 18.3. The van der Waals surface area contributed by atoms with Gasteiger partial charge in [0.15, 0.2) is 0 Å². The maximum Gasteiger partial charge on any atom is 0.0773 e. The van der Waals surface area contributed by atoms with Crippen molar-refractivity contribution in [1.82, 2.24) is 0 Å². The summed E-state index contributed by atoms with van der Waals surface area (Å²) in [6.45, 7) is 8.99. The Kier molecular flexibility index (Phi) is 27.4. The Morgan fingerprint density at radius 1 is 0.516 bits per heavy atom. The van der Waals surface area contributed by atoms with Crippen LogP contribution in [0.15, 0.2) is 0 Å². The fourth-order valence-corrected chi connectivity index (χ4v) is 2.49. The number of rotatable bonds is 27. The quantitative estimate of drug-likeness (QED) is 0.178. The number of ether oxygens (including phenoxy) is 7. The Morgan fingerprint density at radius 2 is 0.903 bits per heavy atom. The van der Waals surface area contributed by atoms with Gasteiger partial charge in [0.2, 0.25) is 0 Å². The second-order valence-corrected chi connectivity index (χ2v) is 6.98. The van der Waals surface area contributed by atoms with Crippen molar-refractivity contribution in [3.05, 3.63) is 0 Å². The Hall–Kier alpha value is -0.360. The lowest BCUT2D eigenvalue weighted by atomic mass is 10.1. The molecular weight excluding hydrogens is 408 g/mol. The first-order valence-electron chi connectivity index (χ1n) is 11.6. The number of aliphatic hydroxyl groups is 2. The van der Waals surface area contributed by atoms with Crippen molar-refractivity contribution in [2.24, 2.45) is 0 Å². The molecule has 0 saturated heterocycles. The molecule has 1 atom stereocenters. The summed E-state index contributed by atoms with van der Waals surface area (Å²) in [5.41, 5.74) is 0. The van der Waals surface area contributed by atoms with Crippen molar-refractivity contribution in [3.63, 3.8) is 0 Å². The van der Waals surface area contributed by atoms with Crippen molar-refractivity contribution < 1.29 is 43.4 Å². The van der Waals surface area contributed by atoms with Crippen molar-refractivity contribution in [2.75, 3.05) is 99.1 Å².